The molecule has 0 bridgehead atoms. The maximum atomic E-state index is 13.4. The van der Waals surface area contributed by atoms with Crippen LogP contribution in [0.15, 0.2) is 54.7 Å². The Kier molecular flexibility index (Phi) is 3.48. The third-order valence-electron chi connectivity index (χ3n) is 3.09. The lowest BCUT2D eigenvalue weighted by Crippen LogP contribution is -1.98. The van der Waals surface area contributed by atoms with Gasteiger partial charge in [0.2, 0.25) is 0 Å². The van der Waals surface area contributed by atoms with Gasteiger partial charge in [-0.15, -0.1) is 0 Å². The van der Waals surface area contributed by atoms with E-state index >= 15 is 0 Å². The highest BCUT2D eigenvalue weighted by Gasteiger charge is 2.05. The van der Waals surface area contributed by atoms with Crippen LogP contribution in [-0.2, 0) is 6.61 Å². The zero-order chi connectivity index (χ0) is 14.7. The minimum Gasteiger partial charge on any atom is -0.488 e. The van der Waals surface area contributed by atoms with Gasteiger partial charge in [0, 0.05) is 11.6 Å². The number of nitriles is 1. The molecule has 3 rings (SSSR count). The Morgan fingerprint density at radius 3 is 2.90 bits per heavy atom. The van der Waals surface area contributed by atoms with Gasteiger partial charge in [0.1, 0.15) is 18.2 Å². The van der Waals surface area contributed by atoms with Crippen LogP contribution in [0.3, 0.4) is 0 Å². The van der Waals surface area contributed by atoms with Gasteiger partial charge < -0.3 is 4.74 Å². The number of aromatic nitrogens is 1. The van der Waals surface area contributed by atoms with Gasteiger partial charge in [-0.05, 0) is 48.0 Å². The van der Waals surface area contributed by atoms with Crippen LogP contribution in [0.25, 0.3) is 10.9 Å². The first-order valence-electron chi connectivity index (χ1n) is 6.42. The van der Waals surface area contributed by atoms with E-state index in [0.717, 1.165) is 10.9 Å². The van der Waals surface area contributed by atoms with Crippen molar-refractivity contribution in [2.45, 2.75) is 6.61 Å². The molecule has 0 radical (unpaired) electrons. The molecule has 0 spiro atoms. The number of halogens is 1. The second kappa shape index (κ2) is 5.59. The van der Waals surface area contributed by atoms with Gasteiger partial charge >= 0.3 is 0 Å². The Hall–Kier alpha value is -2.93. The summed E-state index contributed by atoms with van der Waals surface area (Å²) in [5.74, 6) is 0.246. The fraction of sp³-hybridized carbons (Fsp3) is 0.0588. The Morgan fingerprint density at radius 2 is 2.05 bits per heavy atom. The number of fused-ring (bicyclic) bond motifs is 1. The van der Waals surface area contributed by atoms with Gasteiger partial charge in [-0.3, -0.25) is 4.98 Å². The topological polar surface area (TPSA) is 45.9 Å². The molecule has 0 amide bonds. The second-order valence-corrected chi connectivity index (χ2v) is 4.57. The van der Waals surface area contributed by atoms with Crippen molar-refractivity contribution in [3.63, 3.8) is 0 Å². The number of rotatable bonds is 3. The number of hydrogen-bond donors (Lipinski definition) is 0. The summed E-state index contributed by atoms with van der Waals surface area (Å²) in [6.45, 7) is 0.195. The number of benzene rings is 2. The van der Waals surface area contributed by atoms with Gasteiger partial charge in [-0.1, -0.05) is 6.07 Å². The lowest BCUT2D eigenvalue weighted by molar-refractivity contribution is 0.309. The van der Waals surface area contributed by atoms with Crippen LogP contribution in [0, 0.1) is 17.1 Å². The molecule has 0 saturated heterocycles. The summed E-state index contributed by atoms with van der Waals surface area (Å²) in [6.07, 6.45) is 1.72. The van der Waals surface area contributed by atoms with Crippen molar-refractivity contribution in [2.75, 3.05) is 0 Å². The van der Waals surface area contributed by atoms with Crippen LogP contribution in [0.4, 0.5) is 4.39 Å². The Bertz CT molecular complexity index is 834. The fourth-order valence-electron chi connectivity index (χ4n) is 2.16. The molecule has 0 aliphatic rings. The largest absolute Gasteiger partial charge is 0.488 e. The predicted octanol–water partition coefficient (Wildman–Crippen LogP) is 3.82. The predicted molar refractivity (Wildman–Crippen MR) is 77.2 cm³/mol. The fourth-order valence-corrected chi connectivity index (χ4v) is 2.16. The Balaban J connectivity index is 1.87. The minimum atomic E-state index is -0.438. The lowest BCUT2D eigenvalue weighted by atomic mass is 10.1. The van der Waals surface area contributed by atoms with Gasteiger partial charge in [-0.25, -0.2) is 4.39 Å². The molecule has 0 N–H and O–H groups in total. The van der Waals surface area contributed by atoms with E-state index in [1.165, 1.54) is 12.1 Å². The first-order valence-corrected chi connectivity index (χ1v) is 6.42. The van der Waals surface area contributed by atoms with Crippen molar-refractivity contribution < 1.29 is 9.13 Å². The molecule has 3 nitrogen and oxygen atoms in total. The van der Waals surface area contributed by atoms with Crippen LogP contribution in [0.1, 0.15) is 11.1 Å². The zero-order valence-corrected chi connectivity index (χ0v) is 11.1. The summed E-state index contributed by atoms with van der Waals surface area (Å²) < 4.78 is 19.1. The standard InChI is InChI=1S/C17H11FN2O/c18-14-8-12(10-19)7-13(9-14)11-21-17-5-1-4-16-15(17)3-2-6-20-16/h1-9H,11H2. The van der Waals surface area contributed by atoms with E-state index in [1.807, 2.05) is 36.4 Å². The first-order chi connectivity index (χ1) is 10.3. The molecule has 102 valence electrons. The number of hydrogen-bond acceptors (Lipinski definition) is 3. The Labute approximate surface area is 121 Å². The maximum absolute atomic E-state index is 13.4. The van der Waals surface area contributed by atoms with E-state index in [4.69, 9.17) is 10.00 Å². The molecule has 1 heterocycles. The molecule has 0 atom stereocenters. The van der Waals surface area contributed by atoms with E-state index in [1.54, 1.807) is 12.3 Å². The molecule has 0 aliphatic heterocycles. The normalized spacial score (nSPS) is 10.3. The average Bonchev–Trinajstić information content (AvgIpc) is 2.52. The van der Waals surface area contributed by atoms with Gasteiger partial charge in [-0.2, -0.15) is 5.26 Å². The van der Waals surface area contributed by atoms with Crippen LogP contribution in [0.5, 0.6) is 5.75 Å². The van der Waals surface area contributed by atoms with Gasteiger partial charge in [0.15, 0.2) is 0 Å². The first kappa shape index (κ1) is 13.1. The van der Waals surface area contributed by atoms with Crippen molar-refractivity contribution in [1.82, 2.24) is 4.98 Å². The van der Waals surface area contributed by atoms with E-state index in [2.05, 4.69) is 4.98 Å². The Morgan fingerprint density at radius 1 is 1.14 bits per heavy atom. The number of nitrogens with zero attached hydrogens (tertiary/aromatic N) is 2. The number of ether oxygens (including phenoxy) is 1. The van der Waals surface area contributed by atoms with Crippen LogP contribution < -0.4 is 4.74 Å². The van der Waals surface area contributed by atoms with Crippen molar-refractivity contribution in [2.24, 2.45) is 0 Å². The van der Waals surface area contributed by atoms with E-state index < -0.39 is 5.82 Å². The second-order valence-electron chi connectivity index (χ2n) is 4.57. The minimum absolute atomic E-state index is 0.195. The molecule has 1 aromatic heterocycles. The molecule has 0 fully saturated rings. The molecule has 3 aromatic rings. The third-order valence-corrected chi connectivity index (χ3v) is 3.09. The van der Waals surface area contributed by atoms with Gasteiger partial charge in [0.25, 0.3) is 0 Å². The van der Waals surface area contributed by atoms with Crippen molar-refractivity contribution in [3.05, 3.63) is 71.7 Å². The van der Waals surface area contributed by atoms with Crippen molar-refractivity contribution in [1.29, 1.82) is 5.26 Å². The molecular weight excluding hydrogens is 267 g/mol. The SMILES string of the molecule is N#Cc1cc(F)cc(COc2cccc3ncccc23)c1. The summed E-state index contributed by atoms with van der Waals surface area (Å²) >= 11 is 0. The summed E-state index contributed by atoms with van der Waals surface area (Å²) in [4.78, 5) is 4.26. The van der Waals surface area contributed by atoms with E-state index in [-0.39, 0.29) is 12.2 Å². The highest BCUT2D eigenvalue weighted by Crippen LogP contribution is 2.24. The van der Waals surface area contributed by atoms with Crippen molar-refractivity contribution in [3.8, 4) is 11.8 Å². The third kappa shape index (κ3) is 2.82. The summed E-state index contributed by atoms with van der Waals surface area (Å²) in [5.41, 5.74) is 1.74. The summed E-state index contributed by atoms with van der Waals surface area (Å²) in [6, 6.07) is 15.5. The van der Waals surface area contributed by atoms with Crippen LogP contribution >= 0.6 is 0 Å². The highest BCUT2D eigenvalue weighted by atomic mass is 19.1. The lowest BCUT2D eigenvalue weighted by Gasteiger charge is -2.09. The van der Waals surface area contributed by atoms with E-state index in [0.29, 0.717) is 11.3 Å². The summed E-state index contributed by atoms with van der Waals surface area (Å²) in [7, 11) is 0. The van der Waals surface area contributed by atoms with Crippen molar-refractivity contribution >= 4 is 10.9 Å². The molecule has 4 heteroatoms. The molecule has 21 heavy (non-hydrogen) atoms. The quantitative estimate of drug-likeness (QED) is 0.731. The number of pyridine rings is 1. The van der Waals surface area contributed by atoms with Crippen LogP contribution in [-0.4, -0.2) is 4.98 Å². The van der Waals surface area contributed by atoms with Crippen LogP contribution in [0.2, 0.25) is 0 Å². The molecule has 2 aromatic carbocycles. The molecule has 0 aliphatic carbocycles. The maximum Gasteiger partial charge on any atom is 0.129 e. The molecule has 0 unspecified atom stereocenters. The molecular formula is C17H11FN2O. The smallest absolute Gasteiger partial charge is 0.129 e. The highest BCUT2D eigenvalue weighted by molar-refractivity contribution is 5.84. The molecule has 0 saturated carbocycles. The monoisotopic (exact) mass is 278 g/mol. The average molecular weight is 278 g/mol. The van der Waals surface area contributed by atoms with E-state index in [9.17, 15) is 4.39 Å². The summed E-state index contributed by atoms with van der Waals surface area (Å²) in [5, 5.41) is 9.75. The zero-order valence-electron chi connectivity index (χ0n) is 11.1. The van der Waals surface area contributed by atoms with Gasteiger partial charge in [0.05, 0.1) is 17.1 Å².